The van der Waals surface area contributed by atoms with E-state index in [2.05, 4.69) is 0 Å². The third kappa shape index (κ3) is 2.30. The molecule has 0 bridgehead atoms. The number of hydrogen-bond donors (Lipinski definition) is 1. The van der Waals surface area contributed by atoms with Crippen LogP contribution in [0, 0.1) is 0 Å². The van der Waals surface area contributed by atoms with E-state index in [-0.39, 0.29) is 5.75 Å². The van der Waals surface area contributed by atoms with Crippen LogP contribution in [0.1, 0.15) is 6.92 Å². The van der Waals surface area contributed by atoms with Gasteiger partial charge in [-0.1, -0.05) is 12.1 Å². The fourth-order valence-corrected chi connectivity index (χ4v) is 0.745. The SMILES string of the molecule is CC(=O)C(=O)Oc1ccccc1N. The quantitative estimate of drug-likeness (QED) is 0.315. The highest BCUT2D eigenvalue weighted by molar-refractivity contribution is 6.33. The Kier molecular flexibility index (Phi) is 2.64. The summed E-state index contributed by atoms with van der Waals surface area (Å²) in [5.74, 6) is -1.34. The van der Waals surface area contributed by atoms with Gasteiger partial charge in [-0.2, -0.15) is 0 Å². The largest absolute Gasteiger partial charge is 0.419 e. The van der Waals surface area contributed by atoms with Crippen LogP contribution in [0.15, 0.2) is 24.3 Å². The molecule has 2 N–H and O–H groups in total. The van der Waals surface area contributed by atoms with Gasteiger partial charge in [0.15, 0.2) is 5.75 Å². The van der Waals surface area contributed by atoms with Crippen LogP contribution in [0.5, 0.6) is 5.75 Å². The molecular weight excluding hydrogens is 170 g/mol. The molecule has 1 aromatic rings. The zero-order valence-electron chi connectivity index (χ0n) is 7.11. The zero-order valence-corrected chi connectivity index (χ0v) is 7.11. The van der Waals surface area contributed by atoms with Crippen LogP contribution in [0.2, 0.25) is 0 Å². The van der Waals surface area contributed by atoms with E-state index in [0.29, 0.717) is 5.69 Å². The van der Waals surface area contributed by atoms with Gasteiger partial charge in [-0.05, 0) is 12.1 Å². The summed E-state index contributed by atoms with van der Waals surface area (Å²) in [6, 6.07) is 6.48. The average Bonchev–Trinajstić information content (AvgIpc) is 2.08. The Morgan fingerprint density at radius 3 is 2.46 bits per heavy atom. The third-order valence-electron chi connectivity index (χ3n) is 1.41. The summed E-state index contributed by atoms with van der Waals surface area (Å²) >= 11 is 0. The van der Waals surface area contributed by atoms with Gasteiger partial charge in [0.2, 0.25) is 5.78 Å². The number of benzene rings is 1. The highest BCUT2D eigenvalue weighted by atomic mass is 16.5. The summed E-state index contributed by atoms with van der Waals surface area (Å²) in [6.45, 7) is 1.14. The summed E-state index contributed by atoms with van der Waals surface area (Å²) in [6.07, 6.45) is 0. The summed E-state index contributed by atoms with van der Waals surface area (Å²) in [7, 11) is 0. The van der Waals surface area contributed by atoms with Crippen molar-refractivity contribution in [2.75, 3.05) is 5.73 Å². The molecule has 1 aromatic carbocycles. The van der Waals surface area contributed by atoms with Crippen LogP contribution in [0.25, 0.3) is 0 Å². The molecule has 4 heteroatoms. The Morgan fingerprint density at radius 1 is 1.31 bits per heavy atom. The minimum Gasteiger partial charge on any atom is -0.419 e. The lowest BCUT2D eigenvalue weighted by Crippen LogP contribution is -2.17. The first-order chi connectivity index (χ1) is 6.11. The van der Waals surface area contributed by atoms with E-state index in [9.17, 15) is 9.59 Å². The van der Waals surface area contributed by atoms with Crippen LogP contribution >= 0.6 is 0 Å². The first-order valence-electron chi connectivity index (χ1n) is 3.68. The second-order valence-corrected chi connectivity index (χ2v) is 2.48. The smallest absolute Gasteiger partial charge is 0.379 e. The predicted molar refractivity (Wildman–Crippen MR) is 47.2 cm³/mol. The average molecular weight is 179 g/mol. The normalized spacial score (nSPS) is 9.31. The molecule has 0 unspecified atom stereocenters. The number of Topliss-reactive ketones (excluding diaryl/α,β-unsaturated/α-hetero) is 1. The topological polar surface area (TPSA) is 69.4 Å². The van der Waals surface area contributed by atoms with Gasteiger partial charge in [0.05, 0.1) is 5.69 Å². The van der Waals surface area contributed by atoms with E-state index < -0.39 is 11.8 Å². The number of nitrogen functional groups attached to an aromatic ring is 1. The first-order valence-corrected chi connectivity index (χ1v) is 3.68. The fraction of sp³-hybridized carbons (Fsp3) is 0.111. The number of nitrogens with two attached hydrogens (primary N) is 1. The van der Waals surface area contributed by atoms with Crippen molar-refractivity contribution in [2.24, 2.45) is 0 Å². The van der Waals surface area contributed by atoms with Crippen molar-refractivity contribution < 1.29 is 14.3 Å². The van der Waals surface area contributed by atoms with Gasteiger partial charge < -0.3 is 10.5 Å². The maximum absolute atomic E-state index is 10.8. The Morgan fingerprint density at radius 2 is 1.92 bits per heavy atom. The van der Waals surface area contributed by atoms with Crippen LogP contribution in [0.3, 0.4) is 0 Å². The molecule has 0 spiro atoms. The lowest BCUT2D eigenvalue weighted by Gasteiger charge is -2.03. The summed E-state index contributed by atoms with van der Waals surface area (Å²) in [4.78, 5) is 21.4. The van der Waals surface area contributed by atoms with Crippen molar-refractivity contribution in [3.8, 4) is 5.75 Å². The predicted octanol–water partition coefficient (Wildman–Crippen LogP) is 0.763. The van der Waals surface area contributed by atoms with Crippen molar-refractivity contribution >= 4 is 17.4 Å². The van der Waals surface area contributed by atoms with Gasteiger partial charge in [-0.15, -0.1) is 0 Å². The van der Waals surface area contributed by atoms with E-state index in [1.165, 1.54) is 6.07 Å². The van der Waals surface area contributed by atoms with Crippen molar-refractivity contribution in [1.82, 2.24) is 0 Å². The van der Waals surface area contributed by atoms with Gasteiger partial charge >= 0.3 is 5.97 Å². The highest BCUT2D eigenvalue weighted by Gasteiger charge is 2.11. The van der Waals surface area contributed by atoms with Crippen molar-refractivity contribution in [3.05, 3.63) is 24.3 Å². The molecule has 0 aromatic heterocycles. The van der Waals surface area contributed by atoms with E-state index >= 15 is 0 Å². The molecule has 0 atom stereocenters. The monoisotopic (exact) mass is 179 g/mol. The Balaban J connectivity index is 2.81. The van der Waals surface area contributed by atoms with Gasteiger partial charge in [0.1, 0.15) is 0 Å². The number of anilines is 1. The van der Waals surface area contributed by atoms with Gasteiger partial charge in [0, 0.05) is 6.92 Å². The maximum atomic E-state index is 10.8. The summed E-state index contributed by atoms with van der Waals surface area (Å²) in [5, 5.41) is 0. The van der Waals surface area contributed by atoms with E-state index in [1.807, 2.05) is 0 Å². The number of carbonyl (C=O) groups is 2. The number of carbonyl (C=O) groups excluding carboxylic acids is 2. The molecular formula is C9H9NO3. The standard InChI is InChI=1S/C9H9NO3/c1-6(11)9(12)13-8-5-3-2-4-7(8)10/h2-5H,10H2,1H3. The summed E-state index contributed by atoms with van der Waals surface area (Å²) in [5.41, 5.74) is 5.81. The number of ketones is 1. The Bertz CT molecular complexity index is 346. The molecule has 68 valence electrons. The molecule has 1 rings (SSSR count). The maximum Gasteiger partial charge on any atom is 0.379 e. The minimum absolute atomic E-state index is 0.211. The minimum atomic E-state index is -0.905. The van der Waals surface area contributed by atoms with Crippen LogP contribution in [0.4, 0.5) is 5.69 Å². The Hall–Kier alpha value is -1.84. The second-order valence-electron chi connectivity index (χ2n) is 2.48. The molecule has 0 aliphatic rings. The van der Waals surface area contributed by atoms with E-state index in [1.54, 1.807) is 18.2 Å². The molecule has 0 saturated heterocycles. The van der Waals surface area contributed by atoms with Gasteiger partial charge in [-0.25, -0.2) is 4.79 Å². The van der Waals surface area contributed by atoms with Crippen LogP contribution in [-0.2, 0) is 9.59 Å². The van der Waals surface area contributed by atoms with Crippen LogP contribution < -0.4 is 10.5 Å². The molecule has 13 heavy (non-hydrogen) atoms. The van der Waals surface area contributed by atoms with E-state index in [4.69, 9.17) is 10.5 Å². The molecule has 0 saturated carbocycles. The third-order valence-corrected chi connectivity index (χ3v) is 1.41. The molecule has 0 heterocycles. The first kappa shape index (κ1) is 9.25. The second kappa shape index (κ2) is 3.71. The lowest BCUT2D eigenvalue weighted by molar-refractivity contribution is -0.146. The van der Waals surface area contributed by atoms with Crippen molar-refractivity contribution in [1.29, 1.82) is 0 Å². The van der Waals surface area contributed by atoms with Gasteiger partial charge in [0.25, 0.3) is 0 Å². The number of para-hydroxylation sites is 2. The molecule has 0 aliphatic heterocycles. The van der Waals surface area contributed by atoms with Crippen molar-refractivity contribution in [3.63, 3.8) is 0 Å². The number of hydrogen-bond acceptors (Lipinski definition) is 4. The fourth-order valence-electron chi connectivity index (χ4n) is 0.745. The lowest BCUT2D eigenvalue weighted by atomic mass is 10.3. The molecule has 0 radical (unpaired) electrons. The molecule has 0 aliphatic carbocycles. The number of esters is 1. The number of rotatable bonds is 2. The van der Waals surface area contributed by atoms with Crippen molar-refractivity contribution in [2.45, 2.75) is 6.92 Å². The summed E-state index contributed by atoms with van der Waals surface area (Å²) < 4.78 is 4.69. The highest BCUT2D eigenvalue weighted by Crippen LogP contribution is 2.19. The molecule has 0 amide bonds. The number of ether oxygens (including phenoxy) is 1. The van der Waals surface area contributed by atoms with E-state index in [0.717, 1.165) is 6.92 Å². The molecule has 4 nitrogen and oxygen atoms in total. The Labute approximate surface area is 75.3 Å². The zero-order chi connectivity index (χ0) is 9.84. The van der Waals surface area contributed by atoms with Gasteiger partial charge in [-0.3, -0.25) is 4.79 Å². The molecule has 0 fully saturated rings. The van der Waals surface area contributed by atoms with Crippen LogP contribution in [-0.4, -0.2) is 11.8 Å².